The van der Waals surface area contributed by atoms with E-state index >= 15 is 0 Å². The third-order valence-electron chi connectivity index (χ3n) is 8.09. The predicted octanol–water partition coefficient (Wildman–Crippen LogP) is 7.75. The van der Waals surface area contributed by atoms with E-state index in [9.17, 15) is 9.90 Å². The molecule has 0 saturated carbocycles. The molecule has 6 nitrogen and oxygen atoms in total. The van der Waals surface area contributed by atoms with Gasteiger partial charge in [0.05, 0.1) is 23.8 Å². The van der Waals surface area contributed by atoms with Crippen LogP contribution in [0.25, 0.3) is 11.1 Å². The highest BCUT2D eigenvalue weighted by atomic mass is 32.2. The lowest BCUT2D eigenvalue weighted by molar-refractivity contribution is -0.268. The predicted molar refractivity (Wildman–Crippen MR) is 177 cm³/mol. The van der Waals surface area contributed by atoms with Crippen molar-refractivity contribution in [3.8, 4) is 11.1 Å². The summed E-state index contributed by atoms with van der Waals surface area (Å²) in [6.45, 7) is 2.62. The molecule has 7 heteroatoms. The Morgan fingerprint density at radius 3 is 2.29 bits per heavy atom. The van der Waals surface area contributed by atoms with Gasteiger partial charge in [0.25, 0.3) is 5.91 Å². The van der Waals surface area contributed by atoms with Crippen LogP contribution in [-0.2, 0) is 22.6 Å². The van der Waals surface area contributed by atoms with Crippen LogP contribution in [0.2, 0.25) is 0 Å². The van der Waals surface area contributed by atoms with Crippen LogP contribution in [0.3, 0.4) is 0 Å². The highest BCUT2D eigenvalue weighted by molar-refractivity contribution is 7.99. The van der Waals surface area contributed by atoms with Crippen molar-refractivity contribution in [2.45, 2.75) is 43.6 Å². The molecule has 1 amide bonds. The first kappa shape index (κ1) is 30.7. The Labute approximate surface area is 268 Å². The molecule has 0 radical (unpaired) electrons. The van der Waals surface area contributed by atoms with Crippen molar-refractivity contribution < 1.29 is 19.4 Å². The molecular weight excluding hydrogens is 580 g/mol. The van der Waals surface area contributed by atoms with Crippen LogP contribution in [0.4, 0.5) is 0 Å². The number of amides is 1. The van der Waals surface area contributed by atoms with Crippen LogP contribution in [-0.4, -0.2) is 27.9 Å². The zero-order valence-corrected chi connectivity index (χ0v) is 25.9. The topological polar surface area (TPSA) is 80.7 Å². The van der Waals surface area contributed by atoms with E-state index in [0.29, 0.717) is 12.1 Å². The summed E-state index contributed by atoms with van der Waals surface area (Å²) < 4.78 is 13.2. The van der Waals surface area contributed by atoms with Crippen molar-refractivity contribution in [1.29, 1.82) is 0 Å². The van der Waals surface area contributed by atoms with Crippen LogP contribution >= 0.6 is 11.8 Å². The van der Waals surface area contributed by atoms with E-state index in [1.54, 1.807) is 11.8 Å². The Hall–Kier alpha value is -4.27. The first-order valence-corrected chi connectivity index (χ1v) is 16.1. The summed E-state index contributed by atoms with van der Waals surface area (Å²) in [5, 5.41) is 13.5. The fourth-order valence-corrected chi connectivity index (χ4v) is 6.50. The van der Waals surface area contributed by atoms with Gasteiger partial charge in [-0.05, 0) is 58.1 Å². The van der Waals surface area contributed by atoms with E-state index in [4.69, 9.17) is 9.47 Å². The number of benzene rings is 4. The number of hydrogen-bond acceptors (Lipinski definition) is 6. The third-order valence-corrected chi connectivity index (χ3v) is 9.12. The molecule has 1 aliphatic heterocycles. The number of hydrogen-bond donors (Lipinski definition) is 2. The molecule has 2 heterocycles. The maximum Gasteiger partial charge on any atom is 0.251 e. The molecule has 4 aromatic carbocycles. The van der Waals surface area contributed by atoms with Crippen molar-refractivity contribution in [1.82, 2.24) is 10.3 Å². The average molecular weight is 617 g/mol. The van der Waals surface area contributed by atoms with Gasteiger partial charge in [0.1, 0.15) is 0 Å². The highest BCUT2D eigenvalue weighted by Gasteiger charge is 2.38. The molecule has 1 aliphatic rings. The SMILES string of the molecule is C[C@H]1[C@@H](CSc2ccccn2)O[C@@H](c2ccc(-c3cccc(CNC(=O)c4ccccc4)c3)cc2)O[C@H]1c1ccc(CO)cc1. The van der Waals surface area contributed by atoms with Crippen LogP contribution in [0.1, 0.15) is 51.9 Å². The minimum absolute atomic E-state index is 0.00795. The number of nitrogens with one attached hydrogen (secondary N) is 1. The fraction of sp³-hybridized carbons (Fsp3) is 0.211. The number of carbonyl (C=O) groups excluding carboxylic acids is 1. The summed E-state index contributed by atoms with van der Waals surface area (Å²) in [5.74, 6) is 0.753. The molecule has 0 unspecified atom stereocenters. The maximum absolute atomic E-state index is 12.5. The molecule has 2 N–H and O–H groups in total. The fourth-order valence-electron chi connectivity index (χ4n) is 5.48. The minimum atomic E-state index is -0.536. The van der Waals surface area contributed by atoms with Crippen LogP contribution in [0.15, 0.2) is 133 Å². The molecule has 6 rings (SSSR count). The Bertz CT molecular complexity index is 1680. The second-order valence-electron chi connectivity index (χ2n) is 11.2. The van der Waals surface area contributed by atoms with Crippen molar-refractivity contribution in [2.75, 3.05) is 5.75 Å². The summed E-state index contributed by atoms with van der Waals surface area (Å²) in [5.41, 5.74) is 6.69. The van der Waals surface area contributed by atoms with E-state index in [2.05, 4.69) is 53.6 Å². The van der Waals surface area contributed by atoms with Gasteiger partial charge < -0.3 is 19.9 Å². The van der Waals surface area contributed by atoms with Crippen molar-refractivity contribution in [3.05, 3.63) is 155 Å². The molecule has 1 saturated heterocycles. The molecule has 1 fully saturated rings. The molecule has 0 bridgehead atoms. The summed E-state index contributed by atoms with van der Waals surface area (Å²) in [4.78, 5) is 17.0. The normalized spacial score (nSPS) is 19.6. The number of carbonyl (C=O) groups is 1. The van der Waals surface area contributed by atoms with Gasteiger partial charge >= 0.3 is 0 Å². The Morgan fingerprint density at radius 2 is 1.56 bits per heavy atom. The number of thioether (sulfide) groups is 1. The molecule has 0 spiro atoms. The van der Waals surface area contributed by atoms with Crippen LogP contribution in [0, 0.1) is 5.92 Å². The third kappa shape index (κ3) is 7.70. The van der Waals surface area contributed by atoms with Crippen molar-refractivity contribution in [2.24, 2.45) is 5.92 Å². The standard InChI is InChI=1S/C38H36N2O4S/c1-26-34(25-45-35-12-5-6-21-39-35)43-38(44-36(26)30-15-13-27(24-41)14-16-30)32-19-17-29(18-20-32)33-11-7-8-28(22-33)23-40-37(42)31-9-3-2-4-10-31/h2-22,26,34,36,38,41H,23-25H2,1H3,(H,40,42)/t26-,34+,36+,38+/m0/s1. The lowest BCUT2D eigenvalue weighted by Gasteiger charge is -2.41. The molecular formula is C38H36N2O4S. The van der Waals surface area contributed by atoms with Gasteiger partial charge in [0, 0.05) is 35.5 Å². The molecule has 1 aromatic heterocycles. The number of ether oxygens (including phenoxy) is 2. The van der Waals surface area contributed by atoms with E-state index < -0.39 is 6.29 Å². The largest absolute Gasteiger partial charge is 0.392 e. The minimum Gasteiger partial charge on any atom is -0.392 e. The number of rotatable bonds is 10. The maximum atomic E-state index is 12.5. The van der Waals surface area contributed by atoms with Gasteiger partial charge in [-0.3, -0.25) is 4.79 Å². The van der Waals surface area contributed by atoms with Gasteiger partial charge in [-0.25, -0.2) is 4.98 Å². The molecule has 228 valence electrons. The summed E-state index contributed by atoms with van der Waals surface area (Å²) in [6.07, 6.45) is 1.03. The van der Waals surface area contributed by atoms with Crippen LogP contribution < -0.4 is 5.32 Å². The van der Waals surface area contributed by atoms with Crippen molar-refractivity contribution >= 4 is 17.7 Å². The summed E-state index contributed by atoms with van der Waals surface area (Å²) in [7, 11) is 0. The monoisotopic (exact) mass is 616 g/mol. The zero-order valence-electron chi connectivity index (χ0n) is 25.1. The van der Waals surface area contributed by atoms with Gasteiger partial charge in [-0.15, -0.1) is 11.8 Å². The molecule has 45 heavy (non-hydrogen) atoms. The Kier molecular flexibility index (Phi) is 10.0. The van der Waals surface area contributed by atoms with Gasteiger partial charge in [0.2, 0.25) is 0 Å². The van der Waals surface area contributed by atoms with E-state index in [1.807, 2.05) is 91.1 Å². The second-order valence-corrected chi connectivity index (χ2v) is 12.2. The summed E-state index contributed by atoms with van der Waals surface area (Å²) >= 11 is 1.69. The number of aliphatic hydroxyl groups is 1. The lowest BCUT2D eigenvalue weighted by Crippen LogP contribution is -2.38. The average Bonchev–Trinajstić information content (AvgIpc) is 3.11. The molecule has 4 atom stereocenters. The lowest BCUT2D eigenvalue weighted by atomic mass is 9.91. The van der Waals surface area contributed by atoms with Gasteiger partial charge in [-0.1, -0.05) is 97.9 Å². The van der Waals surface area contributed by atoms with Crippen LogP contribution in [0.5, 0.6) is 0 Å². The van der Waals surface area contributed by atoms with Crippen molar-refractivity contribution in [3.63, 3.8) is 0 Å². The number of aliphatic hydroxyl groups excluding tert-OH is 1. The molecule has 0 aliphatic carbocycles. The molecule has 5 aromatic rings. The summed E-state index contributed by atoms with van der Waals surface area (Å²) in [6, 6.07) is 39.7. The van der Waals surface area contributed by atoms with E-state index in [-0.39, 0.29) is 30.6 Å². The van der Waals surface area contributed by atoms with E-state index in [0.717, 1.165) is 44.2 Å². The number of aromatic nitrogens is 1. The second kappa shape index (κ2) is 14.7. The highest BCUT2D eigenvalue weighted by Crippen LogP contribution is 2.43. The Morgan fingerprint density at radius 1 is 0.800 bits per heavy atom. The number of pyridine rings is 1. The first-order valence-electron chi connectivity index (χ1n) is 15.1. The smallest absolute Gasteiger partial charge is 0.251 e. The van der Waals surface area contributed by atoms with Gasteiger partial charge in [0.15, 0.2) is 6.29 Å². The van der Waals surface area contributed by atoms with E-state index in [1.165, 1.54) is 0 Å². The Balaban J connectivity index is 1.18. The quantitative estimate of drug-likeness (QED) is 0.156. The first-order chi connectivity index (χ1) is 22.1. The number of nitrogens with zero attached hydrogens (tertiary/aromatic N) is 1. The zero-order chi connectivity index (χ0) is 31.0. The van der Waals surface area contributed by atoms with Gasteiger partial charge in [-0.2, -0.15) is 0 Å².